The van der Waals surface area contributed by atoms with Crippen molar-refractivity contribution in [1.82, 2.24) is 10.2 Å². The van der Waals surface area contributed by atoms with E-state index in [9.17, 15) is 15.0 Å². The van der Waals surface area contributed by atoms with E-state index in [2.05, 4.69) is 10.6 Å². The monoisotopic (exact) mass is 771 g/mol. The summed E-state index contributed by atoms with van der Waals surface area (Å²) in [5.41, 5.74) is 3.75. The summed E-state index contributed by atoms with van der Waals surface area (Å²) in [4.78, 5) is 47.6. The third-order valence-electron chi connectivity index (χ3n) is 11.9. The molecular weight excluding hydrogens is 731 g/mol. The van der Waals surface area contributed by atoms with E-state index in [0.29, 0.717) is 28.1 Å². The molecule has 2 amide bonds. The number of phenols is 1. The van der Waals surface area contributed by atoms with Gasteiger partial charge in [0.2, 0.25) is 11.8 Å². The van der Waals surface area contributed by atoms with E-state index in [4.69, 9.17) is 9.47 Å². The van der Waals surface area contributed by atoms with E-state index < -0.39 is 59.5 Å². The molecule has 3 aliphatic heterocycles. The topological polar surface area (TPSA) is 137 Å². The number of hydrogen-bond donors (Lipinski definition) is 4. The Hall–Kier alpha value is -6.75. The minimum absolute atomic E-state index is 0.0226. The van der Waals surface area contributed by atoms with Gasteiger partial charge in [-0.15, -0.1) is 0 Å². The Morgan fingerprint density at radius 3 is 2.05 bits per heavy atom. The number of aliphatic hydroxyl groups is 1. The number of methoxy groups -OCH3 is 1. The zero-order chi connectivity index (χ0) is 40.0. The number of cyclic esters (lactones) is 1. The third-order valence-corrected chi connectivity index (χ3v) is 11.9. The van der Waals surface area contributed by atoms with Crippen LogP contribution in [0.15, 0.2) is 158 Å². The second-order valence-electron chi connectivity index (χ2n) is 15.0. The van der Waals surface area contributed by atoms with Crippen molar-refractivity contribution in [3.05, 3.63) is 186 Å². The summed E-state index contributed by atoms with van der Waals surface area (Å²) < 4.78 is 11.9. The molecule has 3 aliphatic rings. The molecule has 6 aromatic rings. The van der Waals surface area contributed by atoms with Gasteiger partial charge in [0, 0.05) is 12.2 Å². The van der Waals surface area contributed by atoms with Crippen LogP contribution in [0.1, 0.15) is 52.1 Å². The molecule has 0 bridgehead atoms. The fourth-order valence-electron chi connectivity index (χ4n) is 9.31. The number of morpholine rings is 1. The molecule has 290 valence electrons. The summed E-state index contributed by atoms with van der Waals surface area (Å²) in [7, 11) is 1.60. The van der Waals surface area contributed by atoms with Crippen LogP contribution in [-0.2, 0) is 24.5 Å². The van der Waals surface area contributed by atoms with Crippen molar-refractivity contribution in [2.45, 2.75) is 35.7 Å². The van der Waals surface area contributed by atoms with E-state index >= 15 is 9.59 Å². The lowest BCUT2D eigenvalue weighted by atomic mass is 9.65. The molecule has 10 heteroatoms. The van der Waals surface area contributed by atoms with Crippen molar-refractivity contribution in [3.8, 4) is 22.6 Å². The first-order valence-corrected chi connectivity index (χ1v) is 19.3. The van der Waals surface area contributed by atoms with Crippen molar-refractivity contribution in [2.24, 2.45) is 5.92 Å². The SMILES string of the molecule is COc1ccc(-c2ccc3c(c2)[C@]2(C(=O)N3)[C@H](C(=O)NC[C@H](O)c3ccccc3)[C@H]3C(=O)O[C@H](c4ccccc4)C(c4ccccc4)N3[C@@H]2c2ccc(O)cc2)cc1. The molecule has 7 atom stereocenters. The predicted octanol–water partition coefficient (Wildman–Crippen LogP) is 7.19. The maximum Gasteiger partial charge on any atom is 0.324 e. The van der Waals surface area contributed by atoms with Gasteiger partial charge in [0.15, 0.2) is 0 Å². The van der Waals surface area contributed by atoms with Crippen molar-refractivity contribution in [1.29, 1.82) is 0 Å². The maximum absolute atomic E-state index is 15.4. The van der Waals surface area contributed by atoms with Crippen molar-refractivity contribution >= 4 is 23.5 Å². The highest BCUT2D eigenvalue weighted by Gasteiger charge is 2.74. The van der Waals surface area contributed by atoms with E-state index in [1.807, 2.05) is 114 Å². The lowest BCUT2D eigenvalue weighted by Gasteiger charge is -2.46. The molecule has 4 N–H and O–H groups in total. The van der Waals surface area contributed by atoms with Gasteiger partial charge in [-0.1, -0.05) is 121 Å². The number of carbonyl (C=O) groups excluding carboxylic acids is 3. The Morgan fingerprint density at radius 1 is 0.776 bits per heavy atom. The van der Waals surface area contributed by atoms with Crippen LogP contribution in [0.4, 0.5) is 5.69 Å². The molecule has 0 saturated carbocycles. The number of benzene rings is 6. The molecule has 3 heterocycles. The number of carbonyl (C=O) groups is 3. The second-order valence-corrected chi connectivity index (χ2v) is 15.0. The summed E-state index contributed by atoms with van der Waals surface area (Å²) in [5.74, 6) is -2.34. The first-order chi connectivity index (χ1) is 28.3. The van der Waals surface area contributed by atoms with Gasteiger partial charge >= 0.3 is 5.97 Å². The molecule has 9 rings (SSSR count). The highest BCUT2D eigenvalue weighted by atomic mass is 16.6. The van der Waals surface area contributed by atoms with Gasteiger partial charge in [-0.2, -0.15) is 0 Å². The zero-order valence-corrected chi connectivity index (χ0v) is 31.6. The zero-order valence-electron chi connectivity index (χ0n) is 31.6. The van der Waals surface area contributed by atoms with Crippen LogP contribution in [0.5, 0.6) is 11.5 Å². The molecule has 2 saturated heterocycles. The number of anilines is 1. The molecule has 0 aromatic heterocycles. The summed E-state index contributed by atoms with van der Waals surface area (Å²) in [6.45, 7) is -0.170. The van der Waals surface area contributed by atoms with Gasteiger partial charge in [-0.05, 0) is 75.3 Å². The highest BCUT2D eigenvalue weighted by Crippen LogP contribution is 2.65. The summed E-state index contributed by atoms with van der Waals surface area (Å²) in [6, 6.07) is 45.1. The molecule has 10 nitrogen and oxygen atoms in total. The van der Waals surface area contributed by atoms with Gasteiger partial charge in [0.1, 0.15) is 29.1 Å². The van der Waals surface area contributed by atoms with Crippen molar-refractivity contribution in [3.63, 3.8) is 0 Å². The van der Waals surface area contributed by atoms with Crippen LogP contribution < -0.4 is 15.4 Å². The largest absolute Gasteiger partial charge is 0.508 e. The van der Waals surface area contributed by atoms with Gasteiger partial charge in [0.05, 0.1) is 31.2 Å². The number of esters is 1. The molecule has 0 radical (unpaired) electrons. The van der Waals surface area contributed by atoms with E-state index in [0.717, 1.165) is 22.3 Å². The molecule has 58 heavy (non-hydrogen) atoms. The Labute approximate surface area is 335 Å². The average Bonchev–Trinajstić information content (AvgIpc) is 3.75. The lowest BCUT2D eigenvalue weighted by Crippen LogP contribution is -2.55. The molecule has 2 fully saturated rings. The van der Waals surface area contributed by atoms with Gasteiger partial charge in [0.25, 0.3) is 0 Å². The summed E-state index contributed by atoms with van der Waals surface area (Å²) in [5, 5.41) is 27.9. The quantitative estimate of drug-likeness (QED) is 0.114. The number of rotatable bonds is 9. The number of nitrogens with zero attached hydrogens (tertiary/aromatic N) is 1. The Morgan fingerprint density at radius 2 is 1.40 bits per heavy atom. The van der Waals surface area contributed by atoms with Crippen molar-refractivity contribution < 1.29 is 34.1 Å². The number of aliphatic hydroxyl groups excluding tert-OH is 1. The number of phenolic OH excluding ortho intramolecular Hbond substituents is 1. The number of ether oxygens (including phenoxy) is 2. The smallest absolute Gasteiger partial charge is 0.324 e. The molecular formula is C48H41N3O7. The van der Waals surface area contributed by atoms with Gasteiger partial charge < -0.3 is 30.3 Å². The van der Waals surface area contributed by atoms with Crippen LogP contribution >= 0.6 is 0 Å². The molecule has 0 aliphatic carbocycles. The minimum atomic E-state index is -1.72. The number of fused-ring (bicyclic) bond motifs is 3. The number of hydrogen-bond acceptors (Lipinski definition) is 8. The molecule has 1 unspecified atom stereocenters. The Kier molecular flexibility index (Phi) is 9.51. The van der Waals surface area contributed by atoms with E-state index in [1.54, 1.807) is 55.6 Å². The number of amides is 2. The first-order valence-electron chi connectivity index (χ1n) is 19.3. The number of aromatic hydroxyl groups is 1. The third kappa shape index (κ3) is 6.09. The Balaban J connectivity index is 1.29. The predicted molar refractivity (Wildman–Crippen MR) is 218 cm³/mol. The first kappa shape index (κ1) is 36.9. The second kappa shape index (κ2) is 15.0. The fraction of sp³-hybridized carbons (Fsp3) is 0.188. The highest BCUT2D eigenvalue weighted by molar-refractivity contribution is 6.12. The van der Waals surface area contributed by atoms with E-state index in [1.165, 1.54) is 0 Å². The van der Waals surface area contributed by atoms with Crippen LogP contribution in [0, 0.1) is 5.92 Å². The maximum atomic E-state index is 15.4. The average molecular weight is 772 g/mol. The molecule has 6 aromatic carbocycles. The Bertz CT molecular complexity index is 2460. The molecule has 1 spiro atoms. The van der Waals surface area contributed by atoms with Crippen LogP contribution in [-0.4, -0.2) is 52.6 Å². The van der Waals surface area contributed by atoms with Crippen LogP contribution in [0.2, 0.25) is 0 Å². The minimum Gasteiger partial charge on any atom is -0.508 e. The normalized spacial score (nSPS) is 24.0. The van der Waals surface area contributed by atoms with Crippen LogP contribution in [0.3, 0.4) is 0 Å². The fourth-order valence-corrected chi connectivity index (χ4v) is 9.31. The van der Waals surface area contributed by atoms with E-state index in [-0.39, 0.29) is 12.3 Å². The standard InChI is InChI=1S/C48H41N3O7/c1-57-36-24-19-29(20-25-36)34-21-26-38-37(27-34)48(47(56)50-38)40(45(54)49-28-39(53)30-11-5-2-6-12-30)42-46(55)58-43(32-15-9-4-10-16-32)41(31-13-7-3-8-14-31)51(42)44(48)33-17-22-35(52)23-18-33/h2-27,39-44,52-53H,28H2,1H3,(H,49,54)(H,50,56)/t39-,40-,41?,42-,43+,44+,48-/m0/s1. The van der Waals surface area contributed by atoms with Crippen molar-refractivity contribution in [2.75, 3.05) is 19.0 Å². The number of nitrogens with one attached hydrogen (secondary N) is 2. The van der Waals surface area contributed by atoms with Crippen LogP contribution in [0.25, 0.3) is 11.1 Å². The van der Waals surface area contributed by atoms with Gasteiger partial charge in [-0.3, -0.25) is 19.3 Å². The summed E-state index contributed by atoms with van der Waals surface area (Å²) in [6.07, 6.45) is -1.88. The lowest BCUT2D eigenvalue weighted by molar-refractivity contribution is -0.178. The summed E-state index contributed by atoms with van der Waals surface area (Å²) >= 11 is 0. The van der Waals surface area contributed by atoms with Gasteiger partial charge in [-0.25, -0.2) is 0 Å².